The summed E-state index contributed by atoms with van der Waals surface area (Å²) in [6.45, 7) is 9.23. The van der Waals surface area contributed by atoms with Crippen molar-refractivity contribution in [1.82, 2.24) is 15.1 Å². The zero-order valence-electron chi connectivity index (χ0n) is 10.8. The molecule has 1 rings (SSSR count). The molecule has 2 unspecified atom stereocenters. The predicted octanol–water partition coefficient (Wildman–Crippen LogP) is 1.01. The van der Waals surface area contributed by atoms with Gasteiger partial charge in [-0.2, -0.15) is 0 Å². The molecule has 1 heterocycles. The van der Waals surface area contributed by atoms with Crippen molar-refractivity contribution < 1.29 is 0 Å². The van der Waals surface area contributed by atoms with E-state index in [1.807, 2.05) is 0 Å². The van der Waals surface area contributed by atoms with Crippen molar-refractivity contribution in [3.8, 4) is 0 Å². The summed E-state index contributed by atoms with van der Waals surface area (Å²) >= 11 is 0. The summed E-state index contributed by atoms with van der Waals surface area (Å²) in [6, 6.07) is 1.31. The number of hydrogen-bond acceptors (Lipinski definition) is 3. The van der Waals surface area contributed by atoms with E-state index in [0.29, 0.717) is 12.1 Å². The smallest absolute Gasteiger partial charge is 0.0373 e. The van der Waals surface area contributed by atoms with E-state index in [9.17, 15) is 0 Å². The van der Waals surface area contributed by atoms with Gasteiger partial charge in [0.15, 0.2) is 0 Å². The molecule has 3 heteroatoms. The average molecular weight is 213 g/mol. The van der Waals surface area contributed by atoms with Crippen LogP contribution in [0.5, 0.6) is 0 Å². The summed E-state index contributed by atoms with van der Waals surface area (Å²) < 4.78 is 0. The van der Waals surface area contributed by atoms with Gasteiger partial charge < -0.3 is 15.1 Å². The first-order valence-corrected chi connectivity index (χ1v) is 6.31. The lowest BCUT2D eigenvalue weighted by atomic mass is 10.0. The average Bonchev–Trinajstić information content (AvgIpc) is 2.37. The van der Waals surface area contributed by atoms with Crippen LogP contribution in [0.15, 0.2) is 0 Å². The first-order valence-electron chi connectivity index (χ1n) is 6.31. The van der Waals surface area contributed by atoms with Crippen molar-refractivity contribution in [2.75, 3.05) is 40.3 Å². The summed E-state index contributed by atoms with van der Waals surface area (Å²) in [5, 5.41) is 3.61. The van der Waals surface area contributed by atoms with E-state index in [4.69, 9.17) is 0 Å². The molecule has 1 fully saturated rings. The van der Waals surface area contributed by atoms with E-state index in [2.05, 4.69) is 43.1 Å². The molecular formula is C12H27N3. The van der Waals surface area contributed by atoms with Crippen molar-refractivity contribution >= 4 is 0 Å². The molecule has 1 N–H and O–H groups in total. The molecule has 1 aliphatic heterocycles. The van der Waals surface area contributed by atoms with Gasteiger partial charge in [0.2, 0.25) is 0 Å². The molecule has 3 nitrogen and oxygen atoms in total. The molecule has 90 valence electrons. The van der Waals surface area contributed by atoms with Crippen LogP contribution in [0.2, 0.25) is 0 Å². The van der Waals surface area contributed by atoms with E-state index < -0.39 is 0 Å². The van der Waals surface area contributed by atoms with Gasteiger partial charge in [-0.15, -0.1) is 0 Å². The monoisotopic (exact) mass is 213 g/mol. The Bertz CT molecular complexity index is 172. The quantitative estimate of drug-likeness (QED) is 0.752. The molecule has 1 aliphatic rings. The maximum absolute atomic E-state index is 3.61. The summed E-state index contributed by atoms with van der Waals surface area (Å²) in [6.07, 6.45) is 2.52. The molecule has 0 aromatic heterocycles. The fourth-order valence-corrected chi connectivity index (χ4v) is 2.55. The standard InChI is InChI=1S/C12H27N3/c1-5-11(13-6-2)12-10-14(3)8-7-9-15(12)4/h11-13H,5-10H2,1-4H3. The zero-order chi connectivity index (χ0) is 11.3. The topological polar surface area (TPSA) is 18.5 Å². The van der Waals surface area contributed by atoms with Crippen LogP contribution in [0.1, 0.15) is 26.7 Å². The van der Waals surface area contributed by atoms with Crippen molar-refractivity contribution in [2.45, 2.75) is 38.8 Å². The highest BCUT2D eigenvalue weighted by molar-refractivity contribution is 4.86. The van der Waals surface area contributed by atoms with Crippen molar-refractivity contribution in [1.29, 1.82) is 0 Å². The van der Waals surface area contributed by atoms with Gasteiger partial charge in [0.25, 0.3) is 0 Å². The van der Waals surface area contributed by atoms with Crippen LogP contribution in [-0.4, -0.2) is 62.2 Å². The molecule has 0 aromatic carbocycles. The largest absolute Gasteiger partial charge is 0.313 e. The Morgan fingerprint density at radius 2 is 2.00 bits per heavy atom. The van der Waals surface area contributed by atoms with Crippen LogP contribution in [-0.2, 0) is 0 Å². The first kappa shape index (κ1) is 12.9. The molecule has 15 heavy (non-hydrogen) atoms. The SMILES string of the molecule is CCNC(CC)C1CN(C)CCCN1C. The molecule has 0 bridgehead atoms. The molecular weight excluding hydrogens is 186 g/mol. The van der Waals surface area contributed by atoms with Gasteiger partial charge in [-0.3, -0.25) is 0 Å². The molecule has 0 aromatic rings. The molecule has 0 amide bonds. The predicted molar refractivity (Wildman–Crippen MR) is 66.3 cm³/mol. The summed E-state index contributed by atoms with van der Waals surface area (Å²) in [5.41, 5.74) is 0. The maximum atomic E-state index is 3.61. The summed E-state index contributed by atoms with van der Waals surface area (Å²) in [5.74, 6) is 0. The lowest BCUT2D eigenvalue weighted by Gasteiger charge is -2.34. The second-order valence-electron chi connectivity index (χ2n) is 4.74. The Hall–Kier alpha value is -0.120. The Balaban J connectivity index is 2.60. The minimum absolute atomic E-state index is 0.639. The lowest BCUT2D eigenvalue weighted by molar-refractivity contribution is 0.176. The third-order valence-electron chi connectivity index (χ3n) is 3.49. The number of nitrogens with one attached hydrogen (secondary N) is 1. The number of hydrogen-bond donors (Lipinski definition) is 1. The van der Waals surface area contributed by atoms with Gasteiger partial charge in [-0.05, 0) is 46.6 Å². The Morgan fingerprint density at radius 1 is 1.27 bits per heavy atom. The summed E-state index contributed by atoms with van der Waals surface area (Å²) in [7, 11) is 4.51. The van der Waals surface area contributed by atoms with Crippen LogP contribution >= 0.6 is 0 Å². The first-order chi connectivity index (χ1) is 7.19. The highest BCUT2D eigenvalue weighted by Gasteiger charge is 2.26. The van der Waals surface area contributed by atoms with Gasteiger partial charge in [0, 0.05) is 18.6 Å². The molecule has 0 saturated carbocycles. The van der Waals surface area contributed by atoms with Gasteiger partial charge in [-0.1, -0.05) is 13.8 Å². The van der Waals surface area contributed by atoms with Crippen LogP contribution < -0.4 is 5.32 Å². The highest BCUT2D eigenvalue weighted by Crippen LogP contribution is 2.12. The van der Waals surface area contributed by atoms with E-state index in [1.165, 1.54) is 32.5 Å². The van der Waals surface area contributed by atoms with Gasteiger partial charge in [0.1, 0.15) is 0 Å². The van der Waals surface area contributed by atoms with Crippen molar-refractivity contribution in [3.63, 3.8) is 0 Å². The van der Waals surface area contributed by atoms with Crippen molar-refractivity contribution in [3.05, 3.63) is 0 Å². The Labute approximate surface area is 94.8 Å². The second-order valence-corrected chi connectivity index (χ2v) is 4.74. The number of nitrogens with zero attached hydrogens (tertiary/aromatic N) is 2. The van der Waals surface area contributed by atoms with Crippen LogP contribution in [0.4, 0.5) is 0 Å². The molecule has 2 atom stereocenters. The molecule has 1 saturated heterocycles. The Morgan fingerprint density at radius 3 is 2.60 bits per heavy atom. The number of likely N-dealkylation sites (N-methyl/N-ethyl adjacent to an activating group) is 3. The van der Waals surface area contributed by atoms with Crippen LogP contribution in [0, 0.1) is 0 Å². The van der Waals surface area contributed by atoms with E-state index >= 15 is 0 Å². The van der Waals surface area contributed by atoms with Crippen LogP contribution in [0.3, 0.4) is 0 Å². The minimum atomic E-state index is 0.639. The van der Waals surface area contributed by atoms with Gasteiger partial charge in [0.05, 0.1) is 0 Å². The molecule has 0 spiro atoms. The fourth-order valence-electron chi connectivity index (χ4n) is 2.55. The highest BCUT2D eigenvalue weighted by atomic mass is 15.2. The van der Waals surface area contributed by atoms with Crippen molar-refractivity contribution in [2.24, 2.45) is 0 Å². The second kappa shape index (κ2) is 6.46. The molecule has 0 radical (unpaired) electrons. The number of rotatable bonds is 4. The molecule has 0 aliphatic carbocycles. The summed E-state index contributed by atoms with van der Waals surface area (Å²) in [4.78, 5) is 4.99. The maximum Gasteiger partial charge on any atom is 0.0373 e. The van der Waals surface area contributed by atoms with Gasteiger partial charge in [-0.25, -0.2) is 0 Å². The minimum Gasteiger partial charge on any atom is -0.313 e. The van der Waals surface area contributed by atoms with E-state index in [-0.39, 0.29) is 0 Å². The normalized spacial score (nSPS) is 27.6. The van der Waals surface area contributed by atoms with Gasteiger partial charge >= 0.3 is 0 Å². The fraction of sp³-hybridized carbons (Fsp3) is 1.00. The van der Waals surface area contributed by atoms with E-state index in [1.54, 1.807) is 0 Å². The van der Waals surface area contributed by atoms with Crippen LogP contribution in [0.25, 0.3) is 0 Å². The third-order valence-corrected chi connectivity index (χ3v) is 3.49. The lowest BCUT2D eigenvalue weighted by Crippen LogP contribution is -2.51. The zero-order valence-corrected chi connectivity index (χ0v) is 10.8. The Kier molecular flexibility index (Phi) is 5.58. The van der Waals surface area contributed by atoms with E-state index in [0.717, 1.165) is 6.54 Å². The third kappa shape index (κ3) is 3.74.